The highest BCUT2D eigenvalue weighted by Gasteiger charge is 2.29. The molecule has 0 atom stereocenters. The molecule has 0 aliphatic heterocycles. The fourth-order valence-corrected chi connectivity index (χ4v) is 5.28. The number of rotatable bonds is 4. The van der Waals surface area contributed by atoms with Gasteiger partial charge in [0.1, 0.15) is 18.1 Å². The largest absolute Gasteiger partial charge is 0.364 e. The molecule has 0 bridgehead atoms. The van der Waals surface area contributed by atoms with Crippen LogP contribution in [-0.4, -0.2) is 58.4 Å². The number of amides is 2. The first kappa shape index (κ1) is 25.6. The van der Waals surface area contributed by atoms with Gasteiger partial charge in [-0.05, 0) is 36.8 Å². The van der Waals surface area contributed by atoms with Gasteiger partial charge in [0.2, 0.25) is 0 Å². The summed E-state index contributed by atoms with van der Waals surface area (Å²) in [5.41, 5.74) is 17.8. The van der Waals surface area contributed by atoms with Crippen molar-refractivity contribution in [3.05, 3.63) is 53.7 Å². The number of aromatic nitrogens is 8. The highest BCUT2D eigenvalue weighted by atomic mass is 127. The van der Waals surface area contributed by atoms with Crippen LogP contribution in [0.2, 0.25) is 0 Å². The maximum absolute atomic E-state index is 12.7. The second-order valence-corrected chi connectivity index (χ2v) is 10.2. The molecule has 0 radical (unpaired) electrons. The van der Waals surface area contributed by atoms with E-state index in [4.69, 9.17) is 11.5 Å². The van der Waals surface area contributed by atoms with E-state index in [0.717, 1.165) is 58.6 Å². The van der Waals surface area contributed by atoms with E-state index in [1.54, 1.807) is 6.20 Å². The van der Waals surface area contributed by atoms with E-state index in [1.165, 1.54) is 4.68 Å². The number of hydrogen-bond donors (Lipinski definition) is 3. The number of aromatic amines is 1. The molecule has 4 heterocycles. The summed E-state index contributed by atoms with van der Waals surface area (Å²) in [4.78, 5) is 39.8. The Hall–Kier alpha value is -3.09. The Morgan fingerprint density at radius 1 is 0.919 bits per heavy atom. The summed E-state index contributed by atoms with van der Waals surface area (Å²) in [7, 11) is 0. The van der Waals surface area contributed by atoms with Crippen LogP contribution in [0.1, 0.15) is 43.2 Å². The normalized spacial score (nSPS) is 12.9. The van der Waals surface area contributed by atoms with Crippen molar-refractivity contribution in [3.8, 4) is 22.8 Å². The van der Waals surface area contributed by atoms with Crippen LogP contribution >= 0.6 is 45.2 Å². The maximum Gasteiger partial charge on any atom is 0.269 e. The number of hydrogen-bond acceptors (Lipinski definition) is 8. The third kappa shape index (κ3) is 4.80. The molecule has 15 heteroatoms. The molecule has 2 aliphatic carbocycles. The monoisotopic (exact) mass is 728 g/mol. The predicted molar refractivity (Wildman–Crippen MR) is 146 cm³/mol. The fraction of sp³-hybridized carbons (Fsp3) is 0.273. The predicted octanol–water partition coefficient (Wildman–Crippen LogP) is 1.78. The molecule has 0 unspecified atom stereocenters. The lowest BCUT2D eigenvalue weighted by Crippen LogP contribution is -2.15. The summed E-state index contributed by atoms with van der Waals surface area (Å²) < 4.78 is 15.5. The summed E-state index contributed by atoms with van der Waals surface area (Å²) in [6.45, 7) is -0.487. The van der Waals surface area contributed by atoms with E-state index in [9.17, 15) is 14.0 Å². The molecular weight excluding hydrogens is 709 g/mol. The van der Waals surface area contributed by atoms with Gasteiger partial charge in [-0.3, -0.25) is 19.4 Å². The van der Waals surface area contributed by atoms with Gasteiger partial charge in [-0.15, -0.1) is 0 Å². The van der Waals surface area contributed by atoms with Gasteiger partial charge in [0.05, 0.1) is 23.6 Å². The minimum Gasteiger partial charge on any atom is -0.364 e. The van der Waals surface area contributed by atoms with Crippen molar-refractivity contribution < 1.29 is 14.0 Å². The molecular formula is C22H19FI2N10O2. The fourth-order valence-electron chi connectivity index (χ4n) is 4.51. The average molecular weight is 728 g/mol. The third-order valence-electron chi connectivity index (χ3n) is 6.10. The van der Waals surface area contributed by atoms with Crippen LogP contribution < -0.4 is 11.5 Å². The molecule has 0 spiro atoms. The summed E-state index contributed by atoms with van der Waals surface area (Å²) >= 11 is 4.07. The van der Waals surface area contributed by atoms with Gasteiger partial charge in [-0.25, -0.2) is 24.3 Å². The van der Waals surface area contributed by atoms with Gasteiger partial charge in [0.25, 0.3) is 11.8 Å². The minimum absolute atomic E-state index is 0.0790. The van der Waals surface area contributed by atoms with Crippen molar-refractivity contribution in [1.82, 2.24) is 39.9 Å². The Morgan fingerprint density at radius 2 is 1.54 bits per heavy atom. The highest BCUT2D eigenvalue weighted by molar-refractivity contribution is 14.1. The number of primary amides is 2. The van der Waals surface area contributed by atoms with E-state index in [1.807, 2.05) is 28.8 Å². The quantitative estimate of drug-likeness (QED) is 0.210. The Labute approximate surface area is 236 Å². The summed E-state index contributed by atoms with van der Waals surface area (Å²) in [5, 5.41) is 11.0. The Morgan fingerprint density at radius 3 is 2.16 bits per heavy atom. The molecule has 190 valence electrons. The molecule has 2 aliphatic rings. The zero-order valence-electron chi connectivity index (χ0n) is 19.1. The Balaban J connectivity index is 0.000000153. The smallest absolute Gasteiger partial charge is 0.269 e. The summed E-state index contributed by atoms with van der Waals surface area (Å²) in [5.74, 6) is -1.07. The topological polar surface area (TPSA) is 184 Å². The highest BCUT2D eigenvalue weighted by Crippen LogP contribution is 2.34. The van der Waals surface area contributed by atoms with Crippen molar-refractivity contribution >= 4 is 57.0 Å². The lowest BCUT2D eigenvalue weighted by molar-refractivity contribution is 0.0986. The number of H-pyrrole nitrogens is 1. The molecule has 5 N–H and O–H groups in total. The Bertz CT molecular complexity index is 1550. The van der Waals surface area contributed by atoms with Crippen molar-refractivity contribution in [2.24, 2.45) is 11.5 Å². The van der Waals surface area contributed by atoms with Crippen LogP contribution in [0.25, 0.3) is 22.8 Å². The lowest BCUT2D eigenvalue weighted by atomic mass is 9.93. The Kier molecular flexibility index (Phi) is 7.15. The average Bonchev–Trinajstić information content (AvgIpc) is 3.47. The van der Waals surface area contributed by atoms with Crippen LogP contribution in [0.4, 0.5) is 4.39 Å². The maximum atomic E-state index is 12.7. The number of nitrogens with one attached hydrogen (secondary N) is 1. The van der Waals surface area contributed by atoms with Crippen molar-refractivity contribution in [1.29, 1.82) is 0 Å². The minimum atomic E-state index is -0.592. The van der Waals surface area contributed by atoms with E-state index >= 15 is 0 Å². The van der Waals surface area contributed by atoms with Crippen LogP contribution in [0.5, 0.6) is 0 Å². The van der Waals surface area contributed by atoms with E-state index < -0.39 is 18.5 Å². The number of carbonyl (C=O) groups excluding carboxylic acids is 2. The van der Waals surface area contributed by atoms with Crippen molar-refractivity contribution in [2.45, 2.75) is 32.2 Å². The zero-order valence-corrected chi connectivity index (χ0v) is 23.4. The molecule has 12 nitrogen and oxygen atoms in total. The number of nitrogens with two attached hydrogens (primary N) is 2. The van der Waals surface area contributed by atoms with Crippen LogP contribution in [0, 0.1) is 7.66 Å². The molecule has 4 aromatic heterocycles. The first-order valence-corrected chi connectivity index (χ1v) is 13.3. The van der Waals surface area contributed by atoms with Gasteiger partial charge in [0.15, 0.2) is 13.4 Å². The number of fused-ring (bicyclic) bond motifs is 6. The van der Waals surface area contributed by atoms with E-state index in [2.05, 4.69) is 57.8 Å². The zero-order chi connectivity index (χ0) is 26.3. The van der Waals surface area contributed by atoms with E-state index in [-0.39, 0.29) is 12.2 Å². The summed E-state index contributed by atoms with van der Waals surface area (Å²) in [6.07, 6.45) is 6.48. The lowest BCUT2D eigenvalue weighted by Gasteiger charge is -2.17. The first-order valence-electron chi connectivity index (χ1n) is 11.1. The van der Waals surface area contributed by atoms with Crippen LogP contribution in [0.15, 0.2) is 12.4 Å². The number of alkyl halides is 1. The first-order chi connectivity index (χ1) is 17.8. The number of halogens is 3. The number of aryl methyl sites for hydroxylation is 3. The van der Waals surface area contributed by atoms with Crippen molar-refractivity contribution in [3.63, 3.8) is 0 Å². The molecule has 4 aromatic rings. The summed E-state index contributed by atoms with van der Waals surface area (Å²) in [6, 6.07) is 0. The van der Waals surface area contributed by atoms with Crippen molar-refractivity contribution in [2.75, 3.05) is 6.67 Å². The molecule has 0 fully saturated rings. The van der Waals surface area contributed by atoms with Gasteiger partial charge in [0, 0.05) is 68.7 Å². The molecule has 0 saturated heterocycles. The molecule has 6 rings (SSSR count). The molecule has 2 amide bonds. The molecule has 37 heavy (non-hydrogen) atoms. The van der Waals surface area contributed by atoms with Crippen LogP contribution in [0.3, 0.4) is 0 Å². The number of carbonyl (C=O) groups is 2. The number of nitrogens with zero attached hydrogens (tertiary/aromatic N) is 7. The van der Waals surface area contributed by atoms with Gasteiger partial charge < -0.3 is 11.5 Å². The van der Waals surface area contributed by atoms with Gasteiger partial charge in [-0.2, -0.15) is 10.2 Å². The SMILES string of the molecule is NC(=O)c1[nH]nc2c1CCc1cnc(I)nc1-2.NC(=O)c1nn(CCF)c2c1CCc1cnc(I)nc1-2. The van der Waals surface area contributed by atoms with E-state index in [0.29, 0.717) is 25.5 Å². The standard InChI is InChI=1S/C12H11FIN5O.C10H8IN5O/c13-3-4-19-10-7(9(18-19)11(15)20)2-1-6-5-16-12(14)17-8(6)10;11-10-13-3-4-1-2-5-7(6(4)14-10)15-16-8(5)9(12)17/h5H,1-4H2,(H2,15,20);3H,1-2H2,(H2,12,17)(H,15,16). The van der Waals surface area contributed by atoms with Gasteiger partial charge in [-0.1, -0.05) is 0 Å². The molecule has 0 aromatic carbocycles. The second-order valence-electron chi connectivity index (χ2n) is 8.27. The molecule has 0 saturated carbocycles. The van der Waals surface area contributed by atoms with Crippen LogP contribution in [-0.2, 0) is 32.2 Å². The second kappa shape index (κ2) is 10.3. The third-order valence-corrected chi connectivity index (χ3v) is 7.14. The van der Waals surface area contributed by atoms with Gasteiger partial charge >= 0.3 is 0 Å².